The highest BCUT2D eigenvalue weighted by atomic mass is 32.2. The minimum Gasteiger partial charge on any atom is -0.768 e. The average molecular weight is 210 g/mol. The van der Waals surface area contributed by atoms with Crippen molar-refractivity contribution >= 4 is 22.7 Å². The first kappa shape index (κ1) is 10.6. The SMILES string of the molecule is C=CC(=O)Nc1ccc(S(=O)[O-])cc1. The van der Waals surface area contributed by atoms with E-state index < -0.39 is 11.1 Å². The van der Waals surface area contributed by atoms with Crippen LogP contribution in [0.4, 0.5) is 5.69 Å². The number of rotatable bonds is 3. The molecule has 1 amide bonds. The minimum absolute atomic E-state index is 0.182. The highest BCUT2D eigenvalue weighted by Crippen LogP contribution is 2.11. The molecule has 1 rings (SSSR count). The van der Waals surface area contributed by atoms with Gasteiger partial charge in [-0.2, -0.15) is 0 Å². The highest BCUT2D eigenvalue weighted by Gasteiger charge is 1.97. The second-order valence-corrected chi connectivity index (χ2v) is 3.39. The van der Waals surface area contributed by atoms with E-state index in [0.29, 0.717) is 5.69 Å². The van der Waals surface area contributed by atoms with Gasteiger partial charge in [-0.1, -0.05) is 6.58 Å². The normalized spacial score (nSPS) is 11.8. The van der Waals surface area contributed by atoms with E-state index in [4.69, 9.17) is 0 Å². The molecule has 0 saturated carbocycles. The first-order valence-corrected chi connectivity index (χ1v) is 4.83. The first-order chi connectivity index (χ1) is 6.63. The van der Waals surface area contributed by atoms with E-state index >= 15 is 0 Å². The van der Waals surface area contributed by atoms with Crippen LogP contribution in [-0.4, -0.2) is 14.7 Å². The van der Waals surface area contributed by atoms with Gasteiger partial charge < -0.3 is 9.87 Å². The van der Waals surface area contributed by atoms with Gasteiger partial charge in [0.05, 0.1) is 0 Å². The van der Waals surface area contributed by atoms with Crippen molar-refractivity contribution in [2.45, 2.75) is 4.90 Å². The Labute approximate surface area is 83.9 Å². The van der Waals surface area contributed by atoms with E-state index in [1.54, 1.807) is 0 Å². The van der Waals surface area contributed by atoms with Crippen LogP contribution in [0.2, 0.25) is 0 Å². The van der Waals surface area contributed by atoms with E-state index in [0.717, 1.165) is 6.08 Å². The zero-order valence-electron chi connectivity index (χ0n) is 7.23. The van der Waals surface area contributed by atoms with Crippen LogP contribution in [0.15, 0.2) is 41.8 Å². The molecule has 1 N–H and O–H groups in total. The Bertz CT molecular complexity index is 372. The van der Waals surface area contributed by atoms with Crippen LogP contribution in [0.5, 0.6) is 0 Å². The summed E-state index contributed by atoms with van der Waals surface area (Å²) in [4.78, 5) is 11.0. The van der Waals surface area contributed by atoms with Crippen molar-refractivity contribution in [2.24, 2.45) is 0 Å². The van der Waals surface area contributed by atoms with E-state index in [1.807, 2.05) is 0 Å². The van der Waals surface area contributed by atoms with Crippen LogP contribution in [0.1, 0.15) is 0 Å². The summed E-state index contributed by atoms with van der Waals surface area (Å²) in [6, 6.07) is 5.82. The lowest BCUT2D eigenvalue weighted by Crippen LogP contribution is -2.07. The standard InChI is InChI=1S/C9H9NO3S/c1-2-9(11)10-7-3-5-8(6-4-7)14(12)13/h2-6H,1H2,(H,10,11)(H,12,13)/p-1. The maximum Gasteiger partial charge on any atom is 0.247 e. The zero-order valence-corrected chi connectivity index (χ0v) is 8.04. The fraction of sp³-hybridized carbons (Fsp3) is 0. The van der Waals surface area contributed by atoms with Gasteiger partial charge in [0, 0.05) is 10.6 Å². The lowest BCUT2D eigenvalue weighted by Gasteiger charge is -2.06. The van der Waals surface area contributed by atoms with Gasteiger partial charge in [-0.05, 0) is 41.4 Å². The van der Waals surface area contributed by atoms with Crippen molar-refractivity contribution in [2.75, 3.05) is 5.32 Å². The van der Waals surface area contributed by atoms with Crippen LogP contribution in [-0.2, 0) is 15.9 Å². The van der Waals surface area contributed by atoms with E-state index in [1.165, 1.54) is 24.3 Å². The number of hydrogen-bond acceptors (Lipinski definition) is 3. The smallest absolute Gasteiger partial charge is 0.247 e. The Morgan fingerprint density at radius 1 is 1.43 bits per heavy atom. The molecule has 0 fully saturated rings. The third-order valence-electron chi connectivity index (χ3n) is 1.50. The summed E-state index contributed by atoms with van der Waals surface area (Å²) in [5.41, 5.74) is 0.532. The highest BCUT2D eigenvalue weighted by molar-refractivity contribution is 7.79. The maximum atomic E-state index is 10.8. The third-order valence-corrected chi connectivity index (χ3v) is 2.16. The molecule has 1 aromatic rings. The zero-order chi connectivity index (χ0) is 10.6. The summed E-state index contributed by atoms with van der Waals surface area (Å²) in [6.07, 6.45) is 1.14. The van der Waals surface area contributed by atoms with Crippen molar-refractivity contribution < 1.29 is 13.6 Å². The number of carbonyl (C=O) groups is 1. The molecule has 1 atom stereocenters. The summed E-state index contributed by atoms with van der Waals surface area (Å²) in [5.74, 6) is -0.332. The Hall–Kier alpha value is -1.46. The molecule has 0 radical (unpaired) electrons. The molecular formula is C9H8NO3S-. The molecule has 0 saturated heterocycles. The fourth-order valence-electron chi connectivity index (χ4n) is 0.843. The van der Waals surface area contributed by atoms with Gasteiger partial charge in [0.2, 0.25) is 5.91 Å². The molecule has 0 heterocycles. The van der Waals surface area contributed by atoms with Crippen molar-refractivity contribution in [1.29, 1.82) is 0 Å². The lowest BCUT2D eigenvalue weighted by molar-refractivity contribution is -0.111. The molecule has 0 aromatic heterocycles. The molecule has 0 aliphatic heterocycles. The summed E-state index contributed by atoms with van der Waals surface area (Å²) < 4.78 is 21.0. The number of amides is 1. The first-order valence-electron chi connectivity index (χ1n) is 3.76. The second kappa shape index (κ2) is 4.69. The fourth-order valence-corrected chi connectivity index (χ4v) is 1.20. The maximum absolute atomic E-state index is 10.8. The van der Waals surface area contributed by atoms with E-state index in [9.17, 15) is 13.6 Å². The summed E-state index contributed by atoms with van der Waals surface area (Å²) in [5, 5.41) is 2.50. The quantitative estimate of drug-likeness (QED) is 0.598. The number of hydrogen-bond donors (Lipinski definition) is 1. The van der Waals surface area contributed by atoms with Gasteiger partial charge in [-0.25, -0.2) is 0 Å². The monoisotopic (exact) mass is 210 g/mol. The predicted molar refractivity (Wildman–Crippen MR) is 52.5 cm³/mol. The number of benzene rings is 1. The summed E-state index contributed by atoms with van der Waals surface area (Å²) >= 11 is -2.23. The number of anilines is 1. The van der Waals surface area contributed by atoms with Gasteiger partial charge in [0.15, 0.2) is 0 Å². The minimum atomic E-state index is -2.23. The molecule has 0 spiro atoms. The molecule has 1 unspecified atom stereocenters. The largest absolute Gasteiger partial charge is 0.768 e. The molecule has 0 aliphatic rings. The topological polar surface area (TPSA) is 69.2 Å². The summed E-state index contributed by atoms with van der Waals surface area (Å²) in [7, 11) is 0. The average Bonchev–Trinajstić information content (AvgIpc) is 2.18. The Morgan fingerprint density at radius 2 is 2.00 bits per heavy atom. The van der Waals surface area contributed by atoms with Gasteiger partial charge >= 0.3 is 0 Å². The molecule has 0 bridgehead atoms. The van der Waals surface area contributed by atoms with Gasteiger partial charge in [0.1, 0.15) is 0 Å². The summed E-state index contributed by atoms with van der Waals surface area (Å²) in [6.45, 7) is 3.29. The molecule has 5 heteroatoms. The van der Waals surface area contributed by atoms with Gasteiger partial charge in [-0.15, -0.1) is 0 Å². The second-order valence-electron chi connectivity index (χ2n) is 2.45. The molecule has 14 heavy (non-hydrogen) atoms. The molecular weight excluding hydrogens is 202 g/mol. The Morgan fingerprint density at radius 3 is 2.43 bits per heavy atom. The number of nitrogens with one attached hydrogen (secondary N) is 1. The van der Waals surface area contributed by atoms with E-state index in [2.05, 4.69) is 11.9 Å². The van der Waals surface area contributed by atoms with Crippen LogP contribution in [0.25, 0.3) is 0 Å². The van der Waals surface area contributed by atoms with Crippen LogP contribution in [0.3, 0.4) is 0 Å². The Balaban J connectivity index is 2.78. The lowest BCUT2D eigenvalue weighted by atomic mass is 10.3. The van der Waals surface area contributed by atoms with Crippen molar-refractivity contribution in [3.8, 4) is 0 Å². The van der Waals surface area contributed by atoms with Crippen LogP contribution in [0, 0.1) is 0 Å². The van der Waals surface area contributed by atoms with Gasteiger partial charge in [0.25, 0.3) is 0 Å². The predicted octanol–water partition coefficient (Wildman–Crippen LogP) is 1.05. The molecule has 4 nitrogen and oxygen atoms in total. The van der Waals surface area contributed by atoms with Crippen molar-refractivity contribution in [3.05, 3.63) is 36.9 Å². The van der Waals surface area contributed by atoms with Crippen LogP contribution < -0.4 is 5.32 Å². The molecule has 74 valence electrons. The molecule has 0 aliphatic carbocycles. The van der Waals surface area contributed by atoms with Crippen LogP contribution >= 0.6 is 0 Å². The Kier molecular flexibility index (Phi) is 3.55. The van der Waals surface area contributed by atoms with Gasteiger partial charge in [-0.3, -0.25) is 9.00 Å². The van der Waals surface area contributed by atoms with Crippen molar-refractivity contribution in [1.82, 2.24) is 0 Å². The number of carbonyl (C=O) groups excluding carboxylic acids is 1. The van der Waals surface area contributed by atoms with Crippen molar-refractivity contribution in [3.63, 3.8) is 0 Å². The molecule has 1 aromatic carbocycles. The third kappa shape index (κ3) is 2.79. The van der Waals surface area contributed by atoms with E-state index in [-0.39, 0.29) is 10.8 Å².